The van der Waals surface area contributed by atoms with Crippen molar-refractivity contribution in [1.29, 1.82) is 0 Å². The molecule has 0 heteroatoms. The van der Waals surface area contributed by atoms with Crippen LogP contribution in [-0.4, -0.2) is 0 Å². The lowest BCUT2D eigenvalue weighted by Crippen LogP contribution is -2.18. The van der Waals surface area contributed by atoms with Gasteiger partial charge in [0, 0.05) is 0 Å². The fourth-order valence-electron chi connectivity index (χ4n) is 3.55. The van der Waals surface area contributed by atoms with Crippen LogP contribution in [0, 0.1) is 19.8 Å². The van der Waals surface area contributed by atoms with E-state index in [1.807, 2.05) is 0 Å². The van der Waals surface area contributed by atoms with Crippen LogP contribution in [0.25, 0.3) is 0 Å². The average molecular weight is 264 g/mol. The highest BCUT2D eigenvalue weighted by Crippen LogP contribution is 2.37. The highest BCUT2D eigenvalue weighted by molar-refractivity contribution is 5.38. The molecule has 2 aromatic carbocycles. The van der Waals surface area contributed by atoms with Crippen LogP contribution in [0.3, 0.4) is 0 Å². The predicted molar refractivity (Wildman–Crippen MR) is 86.3 cm³/mol. The summed E-state index contributed by atoms with van der Waals surface area (Å²) in [6.07, 6.45) is 3.76. The van der Waals surface area contributed by atoms with Crippen LogP contribution in [-0.2, 0) is 12.8 Å². The molecule has 0 saturated carbocycles. The third kappa shape index (κ3) is 2.80. The first-order valence-electron chi connectivity index (χ1n) is 7.77. The van der Waals surface area contributed by atoms with Crippen LogP contribution in [0.2, 0.25) is 0 Å². The summed E-state index contributed by atoms with van der Waals surface area (Å²) >= 11 is 0. The molecule has 0 aromatic heterocycles. The molecule has 0 N–H and O–H groups in total. The van der Waals surface area contributed by atoms with E-state index >= 15 is 0 Å². The number of benzene rings is 2. The third-order valence-electron chi connectivity index (χ3n) is 4.60. The zero-order chi connectivity index (χ0) is 14.1. The van der Waals surface area contributed by atoms with Crippen LogP contribution in [0.4, 0.5) is 0 Å². The van der Waals surface area contributed by atoms with E-state index in [0.717, 1.165) is 5.92 Å². The van der Waals surface area contributed by atoms with Crippen molar-refractivity contribution in [1.82, 2.24) is 0 Å². The van der Waals surface area contributed by atoms with Crippen molar-refractivity contribution in [2.45, 2.75) is 46.0 Å². The van der Waals surface area contributed by atoms with Gasteiger partial charge in [0.05, 0.1) is 0 Å². The summed E-state index contributed by atoms with van der Waals surface area (Å²) in [5, 5.41) is 0. The molecular weight excluding hydrogens is 240 g/mol. The topological polar surface area (TPSA) is 0 Å². The molecule has 20 heavy (non-hydrogen) atoms. The van der Waals surface area contributed by atoms with Crippen LogP contribution in [0.1, 0.15) is 47.1 Å². The van der Waals surface area contributed by atoms with Crippen LogP contribution in [0.5, 0.6) is 0 Å². The van der Waals surface area contributed by atoms with Crippen LogP contribution >= 0.6 is 0 Å². The molecule has 0 amide bonds. The minimum atomic E-state index is 0.691. The molecule has 1 aliphatic carbocycles. The third-order valence-corrected chi connectivity index (χ3v) is 4.60. The van der Waals surface area contributed by atoms with Crippen molar-refractivity contribution in [2.75, 3.05) is 0 Å². The van der Waals surface area contributed by atoms with Gasteiger partial charge in [0.1, 0.15) is 0 Å². The van der Waals surface area contributed by atoms with Crippen molar-refractivity contribution in [3.63, 3.8) is 0 Å². The Labute approximate surface area is 122 Å². The number of fused-ring (bicyclic) bond motifs is 1. The smallest absolute Gasteiger partial charge is 0.0116 e. The summed E-state index contributed by atoms with van der Waals surface area (Å²) < 4.78 is 0. The lowest BCUT2D eigenvalue weighted by molar-refractivity contribution is 0.429. The van der Waals surface area contributed by atoms with E-state index in [4.69, 9.17) is 0 Å². The van der Waals surface area contributed by atoms with Crippen LogP contribution < -0.4 is 0 Å². The lowest BCUT2D eigenvalue weighted by atomic mass is 9.75. The Kier molecular flexibility index (Phi) is 3.65. The maximum Gasteiger partial charge on any atom is -0.0116 e. The van der Waals surface area contributed by atoms with E-state index in [9.17, 15) is 0 Å². The maximum atomic E-state index is 2.42. The second-order valence-electron chi connectivity index (χ2n) is 6.63. The van der Waals surface area contributed by atoms with Gasteiger partial charge in [-0.3, -0.25) is 0 Å². The van der Waals surface area contributed by atoms with Crippen molar-refractivity contribution in [2.24, 2.45) is 5.92 Å². The first kappa shape index (κ1) is 13.4. The van der Waals surface area contributed by atoms with E-state index in [1.54, 1.807) is 11.1 Å². The summed E-state index contributed by atoms with van der Waals surface area (Å²) in [5.74, 6) is 1.50. The maximum absolute atomic E-state index is 2.42. The van der Waals surface area contributed by atoms with Crippen molar-refractivity contribution >= 4 is 0 Å². The van der Waals surface area contributed by atoms with E-state index < -0.39 is 0 Å². The number of hydrogen-bond donors (Lipinski definition) is 0. The van der Waals surface area contributed by atoms with Gasteiger partial charge in [0.2, 0.25) is 0 Å². The molecule has 0 saturated heterocycles. The predicted octanol–water partition coefficient (Wildman–Crippen LogP) is 5.21. The minimum Gasteiger partial charge on any atom is -0.0622 e. The quantitative estimate of drug-likeness (QED) is 0.698. The standard InChI is InChI=1S/C20H24/c1-14-4-7-17(8-5-14)13-19-11-16(3)10-18-9-6-15(2)12-20(18)19/h4-9,12,16,19H,10-11,13H2,1-3H3. The van der Waals surface area contributed by atoms with Gasteiger partial charge in [0.15, 0.2) is 0 Å². The fraction of sp³-hybridized carbons (Fsp3) is 0.400. The van der Waals surface area contributed by atoms with Gasteiger partial charge in [-0.1, -0.05) is 60.5 Å². The molecule has 2 aromatic rings. The lowest BCUT2D eigenvalue weighted by Gasteiger charge is -2.30. The van der Waals surface area contributed by atoms with Gasteiger partial charge in [-0.2, -0.15) is 0 Å². The fourth-order valence-corrected chi connectivity index (χ4v) is 3.55. The van der Waals surface area contributed by atoms with Gasteiger partial charge >= 0.3 is 0 Å². The Morgan fingerprint density at radius 2 is 1.65 bits per heavy atom. The Morgan fingerprint density at radius 1 is 0.950 bits per heavy atom. The molecule has 1 aliphatic rings. The van der Waals surface area contributed by atoms with Crippen molar-refractivity contribution in [3.05, 3.63) is 70.3 Å². The van der Waals surface area contributed by atoms with Gasteiger partial charge < -0.3 is 0 Å². The van der Waals surface area contributed by atoms with Crippen molar-refractivity contribution in [3.8, 4) is 0 Å². The van der Waals surface area contributed by atoms with E-state index in [1.165, 1.54) is 36.0 Å². The monoisotopic (exact) mass is 264 g/mol. The molecular formula is C20H24. The first-order valence-corrected chi connectivity index (χ1v) is 7.77. The van der Waals surface area contributed by atoms with E-state index in [-0.39, 0.29) is 0 Å². The first-order chi connectivity index (χ1) is 9.61. The molecule has 2 atom stereocenters. The average Bonchev–Trinajstić information content (AvgIpc) is 2.42. The Balaban J connectivity index is 1.90. The highest BCUT2D eigenvalue weighted by atomic mass is 14.3. The second-order valence-corrected chi connectivity index (χ2v) is 6.63. The molecule has 0 spiro atoms. The Morgan fingerprint density at radius 3 is 2.40 bits per heavy atom. The molecule has 2 unspecified atom stereocenters. The molecule has 0 nitrogen and oxygen atoms in total. The van der Waals surface area contributed by atoms with Gasteiger partial charge in [-0.15, -0.1) is 0 Å². The van der Waals surface area contributed by atoms with E-state index in [2.05, 4.69) is 63.2 Å². The SMILES string of the molecule is Cc1ccc(CC2CC(C)Cc3ccc(C)cc32)cc1. The second kappa shape index (κ2) is 5.44. The van der Waals surface area contributed by atoms with Gasteiger partial charge in [-0.25, -0.2) is 0 Å². The summed E-state index contributed by atoms with van der Waals surface area (Å²) in [6, 6.07) is 16.1. The Hall–Kier alpha value is -1.56. The largest absolute Gasteiger partial charge is 0.0622 e. The molecule has 3 rings (SSSR count). The summed E-state index contributed by atoms with van der Waals surface area (Å²) in [6.45, 7) is 6.76. The summed E-state index contributed by atoms with van der Waals surface area (Å²) in [7, 11) is 0. The molecule has 0 aliphatic heterocycles. The summed E-state index contributed by atoms with van der Waals surface area (Å²) in [5.41, 5.74) is 7.39. The van der Waals surface area contributed by atoms with Crippen molar-refractivity contribution < 1.29 is 0 Å². The number of hydrogen-bond acceptors (Lipinski definition) is 0. The number of aryl methyl sites for hydroxylation is 2. The summed E-state index contributed by atoms with van der Waals surface area (Å²) in [4.78, 5) is 0. The number of rotatable bonds is 2. The van der Waals surface area contributed by atoms with Gasteiger partial charge in [0.25, 0.3) is 0 Å². The molecule has 0 bridgehead atoms. The Bertz CT molecular complexity index is 592. The zero-order valence-electron chi connectivity index (χ0n) is 12.8. The molecule has 0 heterocycles. The normalized spacial score (nSPS) is 21.6. The van der Waals surface area contributed by atoms with Crippen LogP contribution in [0.15, 0.2) is 42.5 Å². The van der Waals surface area contributed by atoms with E-state index in [0.29, 0.717) is 5.92 Å². The molecule has 0 radical (unpaired) electrons. The molecule has 0 fully saturated rings. The zero-order valence-corrected chi connectivity index (χ0v) is 12.8. The minimum absolute atomic E-state index is 0.691. The van der Waals surface area contributed by atoms with Gasteiger partial charge in [-0.05, 0) is 61.6 Å². The highest BCUT2D eigenvalue weighted by Gasteiger charge is 2.24. The molecule has 104 valence electrons.